The molecule has 0 amide bonds. The molecule has 1 saturated heterocycles. The van der Waals surface area contributed by atoms with Crippen molar-refractivity contribution in [3.05, 3.63) is 34.3 Å². The minimum absolute atomic E-state index is 0.232. The molecule has 2 rings (SSSR count). The maximum Gasteiger partial charge on any atom is 0.0992 e. The van der Waals surface area contributed by atoms with Crippen LogP contribution in [-0.2, 0) is 11.3 Å². The molecule has 102 valence electrons. The van der Waals surface area contributed by atoms with Gasteiger partial charge in [-0.15, -0.1) is 0 Å². The van der Waals surface area contributed by atoms with E-state index in [4.69, 9.17) is 21.6 Å². The highest BCUT2D eigenvalue weighted by molar-refractivity contribution is 6.31. The molecule has 1 fully saturated rings. The molecule has 1 atom stereocenters. The summed E-state index contributed by atoms with van der Waals surface area (Å²) < 4.78 is 5.67. The van der Waals surface area contributed by atoms with Gasteiger partial charge in [0.05, 0.1) is 24.3 Å². The highest BCUT2D eigenvalue weighted by Crippen LogP contribution is 2.20. The van der Waals surface area contributed by atoms with E-state index in [1.54, 1.807) is 6.07 Å². The second kappa shape index (κ2) is 6.88. The number of likely N-dealkylation sites (N-methyl/N-ethyl adjacent to an activating group) is 1. The second-order valence-corrected chi connectivity index (χ2v) is 5.11. The van der Waals surface area contributed by atoms with Gasteiger partial charge in [-0.2, -0.15) is 5.26 Å². The Hall–Kier alpha value is -1.12. The van der Waals surface area contributed by atoms with Crippen LogP contribution < -0.4 is 5.32 Å². The van der Waals surface area contributed by atoms with Crippen LogP contribution in [0, 0.1) is 11.3 Å². The lowest BCUT2D eigenvalue weighted by molar-refractivity contribution is -0.0291. The summed E-state index contributed by atoms with van der Waals surface area (Å²) in [5.74, 6) is 0. The highest BCUT2D eigenvalue weighted by atomic mass is 35.5. The van der Waals surface area contributed by atoms with Crippen molar-refractivity contribution in [2.45, 2.75) is 12.6 Å². The SMILES string of the molecule is CNCC1CN(Cc2ccc(C#N)cc2Cl)CCO1. The maximum absolute atomic E-state index is 8.83. The van der Waals surface area contributed by atoms with E-state index < -0.39 is 0 Å². The smallest absolute Gasteiger partial charge is 0.0992 e. The number of benzene rings is 1. The van der Waals surface area contributed by atoms with Crippen LogP contribution in [0.2, 0.25) is 5.02 Å². The zero-order chi connectivity index (χ0) is 13.7. The predicted molar refractivity (Wildman–Crippen MR) is 75.1 cm³/mol. The van der Waals surface area contributed by atoms with Gasteiger partial charge in [0, 0.05) is 31.2 Å². The third-order valence-corrected chi connectivity index (χ3v) is 3.58. The molecule has 1 aliphatic rings. The molecule has 5 heteroatoms. The molecule has 0 spiro atoms. The van der Waals surface area contributed by atoms with Crippen LogP contribution in [0.4, 0.5) is 0 Å². The van der Waals surface area contributed by atoms with E-state index in [9.17, 15) is 0 Å². The molecule has 0 radical (unpaired) electrons. The van der Waals surface area contributed by atoms with Crippen molar-refractivity contribution in [3.8, 4) is 6.07 Å². The summed E-state index contributed by atoms with van der Waals surface area (Å²) in [6.45, 7) is 4.22. The highest BCUT2D eigenvalue weighted by Gasteiger charge is 2.20. The van der Waals surface area contributed by atoms with Crippen LogP contribution in [0.3, 0.4) is 0 Å². The number of hydrogen-bond acceptors (Lipinski definition) is 4. The fraction of sp³-hybridized carbons (Fsp3) is 0.500. The van der Waals surface area contributed by atoms with Crippen LogP contribution in [-0.4, -0.2) is 44.3 Å². The largest absolute Gasteiger partial charge is 0.374 e. The van der Waals surface area contributed by atoms with Gasteiger partial charge in [0.2, 0.25) is 0 Å². The van der Waals surface area contributed by atoms with Gasteiger partial charge in [0.15, 0.2) is 0 Å². The van der Waals surface area contributed by atoms with Gasteiger partial charge in [0.1, 0.15) is 0 Å². The summed E-state index contributed by atoms with van der Waals surface area (Å²) in [6, 6.07) is 7.57. The number of rotatable bonds is 4. The van der Waals surface area contributed by atoms with Gasteiger partial charge in [-0.25, -0.2) is 0 Å². The molecular formula is C14H18ClN3O. The summed E-state index contributed by atoms with van der Waals surface area (Å²) in [5, 5.41) is 12.6. The van der Waals surface area contributed by atoms with Crippen molar-refractivity contribution in [1.29, 1.82) is 5.26 Å². The Morgan fingerprint density at radius 3 is 3.11 bits per heavy atom. The molecule has 0 aliphatic carbocycles. The van der Waals surface area contributed by atoms with Crippen LogP contribution in [0.1, 0.15) is 11.1 Å². The van der Waals surface area contributed by atoms with E-state index in [0.29, 0.717) is 10.6 Å². The third-order valence-electron chi connectivity index (χ3n) is 3.23. The molecule has 1 N–H and O–H groups in total. The van der Waals surface area contributed by atoms with Gasteiger partial charge in [-0.05, 0) is 24.7 Å². The molecule has 1 heterocycles. The van der Waals surface area contributed by atoms with E-state index in [1.165, 1.54) is 0 Å². The Labute approximate surface area is 118 Å². The van der Waals surface area contributed by atoms with Crippen molar-refractivity contribution in [3.63, 3.8) is 0 Å². The molecule has 0 saturated carbocycles. The third kappa shape index (κ3) is 3.92. The van der Waals surface area contributed by atoms with Crippen LogP contribution in [0.25, 0.3) is 0 Å². The van der Waals surface area contributed by atoms with Crippen molar-refractivity contribution >= 4 is 11.6 Å². The lowest BCUT2D eigenvalue weighted by Crippen LogP contribution is -2.45. The normalized spacial score (nSPS) is 20.2. The van der Waals surface area contributed by atoms with Gasteiger partial charge >= 0.3 is 0 Å². The summed E-state index contributed by atoms with van der Waals surface area (Å²) >= 11 is 6.20. The average Bonchev–Trinajstić information content (AvgIpc) is 2.42. The Morgan fingerprint density at radius 1 is 1.58 bits per heavy atom. The van der Waals surface area contributed by atoms with Crippen molar-refractivity contribution in [2.24, 2.45) is 0 Å². The lowest BCUT2D eigenvalue weighted by Gasteiger charge is -2.33. The standard InChI is InChI=1S/C14H18ClN3O/c1-17-8-13-10-18(4-5-19-13)9-12-3-2-11(7-16)6-14(12)15/h2-3,6,13,17H,4-5,8-10H2,1H3. The average molecular weight is 280 g/mol. The zero-order valence-corrected chi connectivity index (χ0v) is 11.8. The van der Waals surface area contributed by atoms with E-state index in [0.717, 1.165) is 38.3 Å². The lowest BCUT2D eigenvalue weighted by atomic mass is 10.1. The Kier molecular flexibility index (Phi) is 5.17. The maximum atomic E-state index is 8.83. The molecule has 1 aliphatic heterocycles. The van der Waals surface area contributed by atoms with Crippen LogP contribution in [0.5, 0.6) is 0 Å². The topological polar surface area (TPSA) is 48.3 Å². The van der Waals surface area contributed by atoms with E-state index in [1.807, 2.05) is 19.2 Å². The molecule has 1 aromatic rings. The Morgan fingerprint density at radius 2 is 2.42 bits per heavy atom. The van der Waals surface area contributed by atoms with Crippen molar-refractivity contribution in [1.82, 2.24) is 10.2 Å². The fourth-order valence-corrected chi connectivity index (χ4v) is 2.50. The first-order valence-electron chi connectivity index (χ1n) is 6.40. The number of morpholine rings is 1. The molecule has 4 nitrogen and oxygen atoms in total. The van der Waals surface area contributed by atoms with Gasteiger partial charge in [0.25, 0.3) is 0 Å². The van der Waals surface area contributed by atoms with Gasteiger partial charge in [-0.1, -0.05) is 17.7 Å². The second-order valence-electron chi connectivity index (χ2n) is 4.70. The van der Waals surface area contributed by atoms with Gasteiger partial charge in [-0.3, -0.25) is 4.90 Å². The first kappa shape index (κ1) is 14.3. The molecular weight excluding hydrogens is 262 g/mol. The number of hydrogen-bond donors (Lipinski definition) is 1. The summed E-state index contributed by atoms with van der Waals surface area (Å²) in [7, 11) is 1.93. The summed E-state index contributed by atoms with van der Waals surface area (Å²) in [6.07, 6.45) is 0.232. The first-order valence-corrected chi connectivity index (χ1v) is 6.78. The number of halogens is 1. The minimum atomic E-state index is 0.232. The Bertz CT molecular complexity index is 470. The molecule has 0 bridgehead atoms. The van der Waals surface area contributed by atoms with Crippen molar-refractivity contribution in [2.75, 3.05) is 33.3 Å². The fourth-order valence-electron chi connectivity index (χ4n) is 2.26. The summed E-state index contributed by atoms with van der Waals surface area (Å²) in [4.78, 5) is 2.33. The zero-order valence-electron chi connectivity index (χ0n) is 11.0. The number of ether oxygens (including phenoxy) is 1. The van der Waals surface area contributed by atoms with Crippen molar-refractivity contribution < 1.29 is 4.74 Å². The summed E-state index contributed by atoms with van der Waals surface area (Å²) in [5.41, 5.74) is 1.66. The molecule has 1 aromatic carbocycles. The quantitative estimate of drug-likeness (QED) is 0.910. The predicted octanol–water partition coefficient (Wildman–Crippen LogP) is 1.63. The van der Waals surface area contributed by atoms with Crippen LogP contribution >= 0.6 is 11.6 Å². The number of nitriles is 1. The molecule has 0 aromatic heterocycles. The van der Waals surface area contributed by atoms with E-state index in [-0.39, 0.29) is 6.10 Å². The monoisotopic (exact) mass is 279 g/mol. The van der Waals surface area contributed by atoms with Crippen LogP contribution in [0.15, 0.2) is 18.2 Å². The van der Waals surface area contributed by atoms with Gasteiger partial charge < -0.3 is 10.1 Å². The molecule has 1 unspecified atom stereocenters. The van der Waals surface area contributed by atoms with E-state index in [2.05, 4.69) is 16.3 Å². The minimum Gasteiger partial charge on any atom is -0.374 e. The first-order chi connectivity index (χ1) is 9.22. The molecule has 19 heavy (non-hydrogen) atoms. The Balaban J connectivity index is 1.99. The number of nitrogens with one attached hydrogen (secondary N) is 1. The number of nitrogens with zero attached hydrogens (tertiary/aromatic N) is 2. The van der Waals surface area contributed by atoms with E-state index >= 15 is 0 Å².